The van der Waals surface area contributed by atoms with Crippen LogP contribution in [0, 0.1) is 0 Å². The van der Waals surface area contributed by atoms with E-state index in [1.165, 1.54) is 0 Å². The van der Waals surface area contributed by atoms with Crippen molar-refractivity contribution < 1.29 is 10.2 Å². The SMILES string of the molecule is Oc1ccc(SCSc2ccc(O)cc2)cc1. The van der Waals surface area contributed by atoms with E-state index in [2.05, 4.69) is 0 Å². The molecule has 4 heteroatoms. The van der Waals surface area contributed by atoms with Gasteiger partial charge in [-0.25, -0.2) is 0 Å². The Hall–Kier alpha value is -1.26. The Morgan fingerprint density at radius 1 is 0.647 bits per heavy atom. The summed E-state index contributed by atoms with van der Waals surface area (Å²) in [5.41, 5.74) is 0. The van der Waals surface area contributed by atoms with Crippen LogP contribution in [0.15, 0.2) is 58.3 Å². The molecule has 0 aliphatic heterocycles. The molecule has 0 aliphatic rings. The fourth-order valence-corrected chi connectivity index (χ4v) is 3.23. The quantitative estimate of drug-likeness (QED) is 0.648. The van der Waals surface area contributed by atoms with Gasteiger partial charge in [0, 0.05) is 14.9 Å². The molecule has 0 radical (unpaired) electrons. The van der Waals surface area contributed by atoms with Gasteiger partial charge in [-0.3, -0.25) is 0 Å². The van der Waals surface area contributed by atoms with Gasteiger partial charge in [0.15, 0.2) is 0 Å². The Labute approximate surface area is 109 Å². The van der Waals surface area contributed by atoms with Crippen molar-refractivity contribution in [2.45, 2.75) is 9.79 Å². The van der Waals surface area contributed by atoms with E-state index in [1.54, 1.807) is 47.8 Å². The summed E-state index contributed by atoms with van der Waals surface area (Å²) in [5.74, 6) is 0.584. The highest BCUT2D eigenvalue weighted by atomic mass is 32.2. The fourth-order valence-electron chi connectivity index (χ4n) is 1.25. The van der Waals surface area contributed by atoms with Crippen molar-refractivity contribution in [2.24, 2.45) is 0 Å². The zero-order valence-corrected chi connectivity index (χ0v) is 10.7. The number of aromatic hydroxyl groups is 2. The maximum absolute atomic E-state index is 9.15. The van der Waals surface area contributed by atoms with Crippen LogP contribution in [0.25, 0.3) is 0 Å². The highest BCUT2D eigenvalue weighted by Crippen LogP contribution is 2.29. The van der Waals surface area contributed by atoms with Gasteiger partial charge in [0.1, 0.15) is 11.5 Å². The highest BCUT2D eigenvalue weighted by molar-refractivity contribution is 8.16. The molecule has 0 amide bonds. The van der Waals surface area contributed by atoms with Gasteiger partial charge >= 0.3 is 0 Å². The number of hydrogen-bond acceptors (Lipinski definition) is 4. The number of thioether (sulfide) groups is 2. The van der Waals surface area contributed by atoms with Crippen molar-refractivity contribution in [3.8, 4) is 11.5 Å². The summed E-state index contributed by atoms with van der Waals surface area (Å²) in [6.45, 7) is 0. The van der Waals surface area contributed by atoms with E-state index in [-0.39, 0.29) is 0 Å². The first-order valence-electron chi connectivity index (χ1n) is 5.08. The van der Waals surface area contributed by atoms with Crippen LogP contribution in [0.1, 0.15) is 0 Å². The predicted molar refractivity (Wildman–Crippen MR) is 72.8 cm³/mol. The van der Waals surface area contributed by atoms with Gasteiger partial charge in [0.05, 0.1) is 0 Å². The van der Waals surface area contributed by atoms with Crippen molar-refractivity contribution in [1.82, 2.24) is 0 Å². The molecule has 0 bridgehead atoms. The van der Waals surface area contributed by atoms with Crippen LogP contribution in [0.5, 0.6) is 11.5 Å². The van der Waals surface area contributed by atoms with Gasteiger partial charge in [-0.1, -0.05) is 0 Å². The van der Waals surface area contributed by atoms with Crippen LogP contribution < -0.4 is 0 Å². The largest absolute Gasteiger partial charge is 0.508 e. The van der Waals surface area contributed by atoms with Crippen molar-refractivity contribution >= 4 is 23.5 Å². The molecule has 0 aromatic heterocycles. The average molecular weight is 264 g/mol. The molecule has 2 N–H and O–H groups in total. The van der Waals surface area contributed by atoms with Crippen LogP contribution in [-0.2, 0) is 0 Å². The number of rotatable bonds is 4. The van der Waals surface area contributed by atoms with Crippen LogP contribution in [0.3, 0.4) is 0 Å². The summed E-state index contributed by atoms with van der Waals surface area (Å²) >= 11 is 3.44. The lowest BCUT2D eigenvalue weighted by Crippen LogP contribution is -1.75. The smallest absolute Gasteiger partial charge is 0.115 e. The summed E-state index contributed by atoms with van der Waals surface area (Å²) in [6.07, 6.45) is 0. The first kappa shape index (κ1) is 12.2. The molecule has 88 valence electrons. The molecular weight excluding hydrogens is 252 g/mol. The molecule has 0 saturated carbocycles. The third kappa shape index (κ3) is 3.91. The maximum Gasteiger partial charge on any atom is 0.115 e. The molecule has 0 saturated heterocycles. The summed E-state index contributed by atoms with van der Waals surface area (Å²) in [5, 5.41) is 19.2. The second-order valence-electron chi connectivity index (χ2n) is 3.39. The molecular formula is C13H12O2S2. The summed E-state index contributed by atoms with van der Waals surface area (Å²) < 4.78 is 0. The standard InChI is InChI=1S/C13H12O2S2/c14-10-1-5-12(6-2-10)16-9-17-13-7-3-11(15)4-8-13/h1-8,14-15H,9H2. The van der Waals surface area contributed by atoms with E-state index in [9.17, 15) is 0 Å². The molecule has 2 aromatic rings. The topological polar surface area (TPSA) is 40.5 Å². The van der Waals surface area contributed by atoms with Gasteiger partial charge in [0.2, 0.25) is 0 Å². The first-order valence-corrected chi connectivity index (χ1v) is 7.05. The zero-order valence-electron chi connectivity index (χ0n) is 9.04. The van der Waals surface area contributed by atoms with Crippen molar-refractivity contribution in [1.29, 1.82) is 0 Å². The molecule has 2 nitrogen and oxygen atoms in total. The van der Waals surface area contributed by atoms with E-state index in [4.69, 9.17) is 10.2 Å². The minimum Gasteiger partial charge on any atom is -0.508 e. The van der Waals surface area contributed by atoms with Crippen LogP contribution in [0.2, 0.25) is 0 Å². The summed E-state index contributed by atoms with van der Waals surface area (Å²) in [4.78, 5) is 2.27. The average Bonchev–Trinajstić information content (AvgIpc) is 2.34. The monoisotopic (exact) mass is 264 g/mol. The van der Waals surface area contributed by atoms with Crippen LogP contribution in [-0.4, -0.2) is 15.3 Å². The summed E-state index contributed by atoms with van der Waals surface area (Å²) in [6, 6.07) is 14.4. The molecule has 0 fully saturated rings. The van der Waals surface area contributed by atoms with Crippen molar-refractivity contribution in [3.05, 3.63) is 48.5 Å². The van der Waals surface area contributed by atoms with Gasteiger partial charge in [-0.05, 0) is 48.5 Å². The Bertz CT molecular complexity index is 420. The molecule has 17 heavy (non-hydrogen) atoms. The number of phenols is 2. The predicted octanol–water partition coefficient (Wildman–Crippen LogP) is 3.94. The van der Waals surface area contributed by atoms with Gasteiger partial charge in [0.25, 0.3) is 0 Å². The lowest BCUT2D eigenvalue weighted by molar-refractivity contribution is 0.474. The minimum absolute atomic E-state index is 0.292. The molecule has 0 atom stereocenters. The van der Waals surface area contributed by atoms with Crippen molar-refractivity contribution in [2.75, 3.05) is 5.08 Å². The Kier molecular flexibility index (Phi) is 4.23. The number of phenolic OH excluding ortho intramolecular Hbond substituents is 2. The fraction of sp³-hybridized carbons (Fsp3) is 0.0769. The number of hydrogen-bond donors (Lipinski definition) is 2. The second kappa shape index (κ2) is 5.89. The van der Waals surface area contributed by atoms with Crippen LogP contribution in [0.4, 0.5) is 0 Å². The second-order valence-corrected chi connectivity index (χ2v) is 5.86. The molecule has 0 unspecified atom stereocenters. The molecule has 0 aliphatic carbocycles. The Balaban J connectivity index is 1.83. The minimum atomic E-state index is 0.292. The van der Waals surface area contributed by atoms with Gasteiger partial charge < -0.3 is 10.2 Å². The Morgan fingerprint density at radius 2 is 1.00 bits per heavy atom. The normalized spacial score (nSPS) is 10.4. The van der Waals surface area contributed by atoms with Gasteiger partial charge in [-0.15, -0.1) is 23.5 Å². The molecule has 2 aromatic carbocycles. The molecule has 0 heterocycles. The summed E-state index contributed by atoms with van der Waals surface area (Å²) in [7, 11) is 0. The van der Waals surface area contributed by atoms with E-state index >= 15 is 0 Å². The first-order chi connectivity index (χ1) is 8.24. The van der Waals surface area contributed by atoms with E-state index in [0.29, 0.717) is 11.5 Å². The third-order valence-electron chi connectivity index (χ3n) is 2.12. The lowest BCUT2D eigenvalue weighted by Gasteiger charge is -2.02. The third-order valence-corrected chi connectivity index (χ3v) is 4.28. The highest BCUT2D eigenvalue weighted by Gasteiger charge is 1.97. The van der Waals surface area contributed by atoms with Gasteiger partial charge in [-0.2, -0.15) is 0 Å². The zero-order chi connectivity index (χ0) is 12.1. The Morgan fingerprint density at radius 3 is 1.35 bits per heavy atom. The van der Waals surface area contributed by atoms with E-state index in [1.807, 2.05) is 24.3 Å². The number of benzene rings is 2. The van der Waals surface area contributed by atoms with E-state index in [0.717, 1.165) is 14.9 Å². The van der Waals surface area contributed by atoms with Crippen LogP contribution >= 0.6 is 23.5 Å². The maximum atomic E-state index is 9.15. The lowest BCUT2D eigenvalue weighted by atomic mass is 10.3. The van der Waals surface area contributed by atoms with Crippen molar-refractivity contribution in [3.63, 3.8) is 0 Å². The molecule has 2 rings (SSSR count). The molecule has 0 spiro atoms. The van der Waals surface area contributed by atoms with E-state index < -0.39 is 0 Å².